The zero-order valence-corrected chi connectivity index (χ0v) is 7.66. The number of hydrogen-bond donors (Lipinski definition) is 1. The summed E-state index contributed by atoms with van der Waals surface area (Å²) in [5.74, 6) is 0.869. The van der Waals surface area contributed by atoms with Gasteiger partial charge in [0.25, 0.3) is 0 Å². The molecule has 0 atom stereocenters. The number of H-pyrrole nitrogens is 1. The van der Waals surface area contributed by atoms with Gasteiger partial charge in [-0.25, -0.2) is 0 Å². The fourth-order valence-corrected chi connectivity index (χ4v) is 1.56. The van der Waals surface area contributed by atoms with Crippen LogP contribution in [0.3, 0.4) is 0 Å². The molecule has 70 valence electrons. The third-order valence-corrected chi connectivity index (χ3v) is 2.32. The molecule has 1 amide bonds. The molecule has 1 fully saturated rings. The van der Waals surface area contributed by atoms with E-state index in [0.29, 0.717) is 12.3 Å². The van der Waals surface area contributed by atoms with Crippen LogP contribution in [0.1, 0.15) is 12.6 Å². The molecule has 0 bridgehead atoms. The first-order valence-corrected chi connectivity index (χ1v) is 4.51. The van der Waals surface area contributed by atoms with Crippen molar-refractivity contribution in [2.75, 3.05) is 13.1 Å². The second-order valence-electron chi connectivity index (χ2n) is 3.66. The Morgan fingerprint density at radius 1 is 1.77 bits per heavy atom. The Morgan fingerprint density at radius 2 is 2.54 bits per heavy atom. The highest BCUT2D eigenvalue weighted by atomic mass is 16.2. The Kier molecular flexibility index (Phi) is 2.04. The van der Waals surface area contributed by atoms with Crippen LogP contribution < -0.4 is 0 Å². The van der Waals surface area contributed by atoms with E-state index in [-0.39, 0.29) is 5.91 Å². The summed E-state index contributed by atoms with van der Waals surface area (Å²) < 4.78 is 0. The largest absolute Gasteiger partial charge is 0.342 e. The van der Waals surface area contributed by atoms with E-state index < -0.39 is 0 Å². The maximum Gasteiger partial charge on any atom is 0.228 e. The number of nitrogens with zero attached hydrogens (tertiary/aromatic N) is 2. The van der Waals surface area contributed by atoms with Crippen LogP contribution in [0.2, 0.25) is 0 Å². The van der Waals surface area contributed by atoms with Gasteiger partial charge < -0.3 is 4.90 Å². The van der Waals surface area contributed by atoms with Crippen molar-refractivity contribution in [1.29, 1.82) is 0 Å². The van der Waals surface area contributed by atoms with Crippen LogP contribution in [0.15, 0.2) is 12.3 Å². The summed E-state index contributed by atoms with van der Waals surface area (Å²) in [6.45, 7) is 3.97. The molecular weight excluding hydrogens is 166 g/mol. The van der Waals surface area contributed by atoms with Gasteiger partial charge in [-0.05, 0) is 12.0 Å². The van der Waals surface area contributed by atoms with Gasteiger partial charge in [-0.15, -0.1) is 0 Å². The molecule has 2 rings (SSSR count). The lowest BCUT2D eigenvalue weighted by atomic mass is 10.0. The standard InChI is InChI=1S/C9H13N3O/c1-7-5-12(6-7)9(13)4-8-2-3-10-11-8/h2-3,7H,4-6H2,1H3,(H,10,11). The normalized spacial score (nSPS) is 17.2. The molecule has 0 radical (unpaired) electrons. The zero-order chi connectivity index (χ0) is 9.26. The summed E-state index contributed by atoms with van der Waals surface area (Å²) in [6, 6.07) is 1.83. The second-order valence-corrected chi connectivity index (χ2v) is 3.66. The Morgan fingerprint density at radius 3 is 3.08 bits per heavy atom. The summed E-state index contributed by atoms with van der Waals surface area (Å²) in [7, 11) is 0. The summed E-state index contributed by atoms with van der Waals surface area (Å²) in [5.41, 5.74) is 0.893. The summed E-state index contributed by atoms with van der Waals surface area (Å²) >= 11 is 0. The lowest BCUT2D eigenvalue weighted by Crippen LogP contribution is -2.49. The van der Waals surface area contributed by atoms with Gasteiger partial charge in [-0.3, -0.25) is 9.89 Å². The van der Waals surface area contributed by atoms with E-state index in [1.807, 2.05) is 11.0 Å². The molecule has 1 aromatic heterocycles. The molecule has 1 aliphatic heterocycles. The topological polar surface area (TPSA) is 49.0 Å². The minimum Gasteiger partial charge on any atom is -0.342 e. The summed E-state index contributed by atoms with van der Waals surface area (Å²) in [4.78, 5) is 13.4. The molecule has 0 aromatic carbocycles. The Labute approximate surface area is 76.9 Å². The van der Waals surface area contributed by atoms with Gasteiger partial charge in [0, 0.05) is 25.0 Å². The van der Waals surface area contributed by atoms with Crippen LogP contribution >= 0.6 is 0 Å². The molecule has 1 saturated heterocycles. The van der Waals surface area contributed by atoms with Crippen molar-refractivity contribution in [2.45, 2.75) is 13.3 Å². The number of likely N-dealkylation sites (tertiary alicyclic amines) is 1. The van der Waals surface area contributed by atoms with Crippen LogP contribution in [0, 0.1) is 5.92 Å². The predicted octanol–water partition coefficient (Wildman–Crippen LogP) is 0.430. The molecule has 0 unspecified atom stereocenters. The fraction of sp³-hybridized carbons (Fsp3) is 0.556. The van der Waals surface area contributed by atoms with E-state index in [9.17, 15) is 4.79 Å². The van der Waals surface area contributed by atoms with Crippen LogP contribution in [0.5, 0.6) is 0 Å². The first-order chi connectivity index (χ1) is 6.25. The van der Waals surface area contributed by atoms with Gasteiger partial charge in [0.1, 0.15) is 0 Å². The molecule has 4 heteroatoms. The molecule has 0 aliphatic carbocycles. The molecule has 2 heterocycles. The van der Waals surface area contributed by atoms with E-state index >= 15 is 0 Å². The van der Waals surface area contributed by atoms with E-state index in [0.717, 1.165) is 18.8 Å². The number of nitrogens with one attached hydrogen (secondary N) is 1. The summed E-state index contributed by atoms with van der Waals surface area (Å²) in [5, 5.41) is 6.58. The predicted molar refractivity (Wildman–Crippen MR) is 48.0 cm³/mol. The Bertz CT molecular complexity index is 288. The van der Waals surface area contributed by atoms with Crippen molar-refractivity contribution in [3.05, 3.63) is 18.0 Å². The number of aromatic amines is 1. The van der Waals surface area contributed by atoms with Crippen LogP contribution in [0.25, 0.3) is 0 Å². The molecule has 0 spiro atoms. The van der Waals surface area contributed by atoms with Crippen LogP contribution in [0.4, 0.5) is 0 Å². The minimum absolute atomic E-state index is 0.197. The number of carbonyl (C=O) groups excluding carboxylic acids is 1. The zero-order valence-electron chi connectivity index (χ0n) is 7.66. The van der Waals surface area contributed by atoms with Gasteiger partial charge in [-0.2, -0.15) is 5.10 Å². The number of rotatable bonds is 2. The highest BCUT2D eigenvalue weighted by Gasteiger charge is 2.26. The summed E-state index contributed by atoms with van der Waals surface area (Å²) in [6.07, 6.45) is 2.12. The Hall–Kier alpha value is -1.32. The number of amides is 1. The monoisotopic (exact) mass is 179 g/mol. The van der Waals surface area contributed by atoms with Crippen molar-refractivity contribution >= 4 is 5.91 Å². The third kappa shape index (κ3) is 1.71. The van der Waals surface area contributed by atoms with Crippen molar-refractivity contribution in [3.8, 4) is 0 Å². The molecule has 1 aliphatic rings. The molecule has 1 N–H and O–H groups in total. The van der Waals surface area contributed by atoms with Crippen LogP contribution in [-0.2, 0) is 11.2 Å². The lowest BCUT2D eigenvalue weighted by Gasteiger charge is -2.37. The maximum absolute atomic E-state index is 11.5. The quantitative estimate of drug-likeness (QED) is 0.715. The van der Waals surface area contributed by atoms with E-state index in [1.54, 1.807) is 6.20 Å². The number of carbonyl (C=O) groups is 1. The van der Waals surface area contributed by atoms with Crippen molar-refractivity contribution in [1.82, 2.24) is 15.1 Å². The average molecular weight is 179 g/mol. The number of hydrogen-bond acceptors (Lipinski definition) is 2. The van der Waals surface area contributed by atoms with Crippen molar-refractivity contribution in [2.24, 2.45) is 5.92 Å². The molecule has 4 nitrogen and oxygen atoms in total. The minimum atomic E-state index is 0.197. The molecule has 0 saturated carbocycles. The van der Waals surface area contributed by atoms with Gasteiger partial charge in [0.15, 0.2) is 0 Å². The molecular formula is C9H13N3O. The SMILES string of the molecule is CC1CN(C(=O)Cc2ccn[nH]2)C1. The average Bonchev–Trinajstić information content (AvgIpc) is 2.51. The number of aromatic nitrogens is 2. The van der Waals surface area contributed by atoms with Crippen molar-refractivity contribution in [3.63, 3.8) is 0 Å². The molecule has 13 heavy (non-hydrogen) atoms. The van der Waals surface area contributed by atoms with Crippen LogP contribution in [-0.4, -0.2) is 34.1 Å². The van der Waals surface area contributed by atoms with Gasteiger partial charge >= 0.3 is 0 Å². The molecule has 1 aromatic rings. The maximum atomic E-state index is 11.5. The van der Waals surface area contributed by atoms with E-state index in [4.69, 9.17) is 0 Å². The van der Waals surface area contributed by atoms with Gasteiger partial charge in [-0.1, -0.05) is 6.92 Å². The highest BCUT2D eigenvalue weighted by molar-refractivity contribution is 5.79. The fourth-order valence-electron chi connectivity index (χ4n) is 1.56. The van der Waals surface area contributed by atoms with Crippen molar-refractivity contribution < 1.29 is 4.79 Å². The van der Waals surface area contributed by atoms with Gasteiger partial charge in [0.2, 0.25) is 5.91 Å². The Balaban J connectivity index is 1.86. The highest BCUT2D eigenvalue weighted by Crippen LogP contribution is 2.15. The van der Waals surface area contributed by atoms with Gasteiger partial charge in [0.05, 0.1) is 6.42 Å². The second kappa shape index (κ2) is 3.20. The first-order valence-electron chi connectivity index (χ1n) is 4.51. The van der Waals surface area contributed by atoms with E-state index in [2.05, 4.69) is 17.1 Å². The third-order valence-electron chi connectivity index (χ3n) is 2.32. The first kappa shape index (κ1) is 8.29. The van der Waals surface area contributed by atoms with E-state index in [1.165, 1.54) is 0 Å². The lowest BCUT2D eigenvalue weighted by molar-refractivity contribution is -0.136. The smallest absolute Gasteiger partial charge is 0.228 e.